The van der Waals surface area contributed by atoms with Crippen LogP contribution in [0.3, 0.4) is 0 Å². The van der Waals surface area contributed by atoms with E-state index < -0.39 is 5.82 Å². The normalized spacial score (nSPS) is 10.2. The molecule has 2 aromatic rings. The van der Waals surface area contributed by atoms with Crippen molar-refractivity contribution >= 4 is 17.3 Å². The Morgan fingerprint density at radius 3 is 2.60 bits per heavy atom. The Morgan fingerprint density at radius 2 is 1.95 bits per heavy atom. The number of carbonyl (C=O) groups is 1. The predicted molar refractivity (Wildman–Crippen MR) is 79.7 cm³/mol. The van der Waals surface area contributed by atoms with E-state index in [0.29, 0.717) is 6.54 Å². The molecule has 0 aliphatic rings. The highest BCUT2D eigenvalue weighted by Crippen LogP contribution is 2.21. The van der Waals surface area contributed by atoms with Crippen LogP contribution in [0.5, 0.6) is 0 Å². The average molecular weight is 272 g/mol. The van der Waals surface area contributed by atoms with Crippen molar-refractivity contribution in [2.75, 3.05) is 23.8 Å². The van der Waals surface area contributed by atoms with Gasteiger partial charge in [-0.2, -0.15) is 0 Å². The third-order valence-corrected chi connectivity index (χ3v) is 3.11. The highest BCUT2D eigenvalue weighted by molar-refractivity contribution is 6.06. The van der Waals surface area contributed by atoms with E-state index in [-0.39, 0.29) is 11.5 Å². The topological polar surface area (TPSA) is 32.3 Å². The van der Waals surface area contributed by atoms with Crippen LogP contribution >= 0.6 is 0 Å². The highest BCUT2D eigenvalue weighted by atomic mass is 19.1. The predicted octanol–water partition coefficient (Wildman–Crippen LogP) is 3.53. The number of halogens is 1. The number of carbonyl (C=O) groups excluding carboxylic acids is 1. The lowest BCUT2D eigenvalue weighted by atomic mass is 10.1. The molecule has 1 N–H and O–H groups in total. The SMILES string of the molecule is CCN(C(=O)c1ccccc1F)c1cccc(NC)c1. The van der Waals surface area contributed by atoms with Gasteiger partial charge in [0.15, 0.2) is 0 Å². The summed E-state index contributed by atoms with van der Waals surface area (Å²) in [4.78, 5) is 14.0. The molecule has 0 atom stereocenters. The lowest BCUT2D eigenvalue weighted by Crippen LogP contribution is -2.31. The molecule has 0 aliphatic carbocycles. The third-order valence-electron chi connectivity index (χ3n) is 3.11. The van der Waals surface area contributed by atoms with Crippen LogP contribution in [0, 0.1) is 5.82 Å². The molecular formula is C16H17FN2O. The van der Waals surface area contributed by atoms with Gasteiger partial charge in [-0.05, 0) is 37.3 Å². The van der Waals surface area contributed by atoms with E-state index in [2.05, 4.69) is 5.32 Å². The maximum Gasteiger partial charge on any atom is 0.261 e. The standard InChI is InChI=1S/C16H17FN2O/c1-3-19(13-8-6-7-12(11-13)18-2)16(20)14-9-4-5-10-15(14)17/h4-11,18H,3H2,1-2H3. The second kappa shape index (κ2) is 6.19. The summed E-state index contributed by atoms with van der Waals surface area (Å²) in [5, 5.41) is 3.02. The second-order valence-electron chi connectivity index (χ2n) is 4.33. The minimum absolute atomic E-state index is 0.0872. The second-order valence-corrected chi connectivity index (χ2v) is 4.33. The van der Waals surface area contributed by atoms with Crippen molar-refractivity contribution in [3.05, 3.63) is 59.9 Å². The molecule has 0 bridgehead atoms. The summed E-state index contributed by atoms with van der Waals surface area (Å²) in [6, 6.07) is 13.5. The molecule has 104 valence electrons. The number of nitrogens with zero attached hydrogens (tertiary/aromatic N) is 1. The van der Waals surface area contributed by atoms with Crippen LogP contribution in [0.4, 0.5) is 15.8 Å². The fourth-order valence-corrected chi connectivity index (χ4v) is 2.05. The van der Waals surface area contributed by atoms with Gasteiger partial charge in [0, 0.05) is 25.0 Å². The van der Waals surface area contributed by atoms with Crippen LogP contribution in [-0.2, 0) is 0 Å². The summed E-state index contributed by atoms with van der Waals surface area (Å²) in [6.07, 6.45) is 0. The Hall–Kier alpha value is -2.36. The first-order chi connectivity index (χ1) is 9.67. The molecule has 20 heavy (non-hydrogen) atoms. The molecule has 2 aromatic carbocycles. The van der Waals surface area contributed by atoms with Gasteiger partial charge in [-0.15, -0.1) is 0 Å². The fraction of sp³-hybridized carbons (Fsp3) is 0.188. The molecule has 1 amide bonds. The summed E-state index contributed by atoms with van der Waals surface area (Å²) in [5.74, 6) is -0.834. The molecule has 0 heterocycles. The van der Waals surface area contributed by atoms with Crippen molar-refractivity contribution in [2.24, 2.45) is 0 Å². The Labute approximate surface area is 118 Å². The summed E-state index contributed by atoms with van der Waals surface area (Å²) in [7, 11) is 1.81. The molecule has 0 radical (unpaired) electrons. The Morgan fingerprint density at radius 1 is 1.20 bits per heavy atom. The minimum atomic E-state index is -0.499. The minimum Gasteiger partial charge on any atom is -0.388 e. The molecule has 0 fully saturated rings. The molecule has 0 aliphatic heterocycles. The largest absolute Gasteiger partial charge is 0.388 e. The Balaban J connectivity index is 2.37. The summed E-state index contributed by atoms with van der Waals surface area (Å²) >= 11 is 0. The van der Waals surface area contributed by atoms with Crippen molar-refractivity contribution < 1.29 is 9.18 Å². The summed E-state index contributed by atoms with van der Waals surface area (Å²) in [6.45, 7) is 2.34. The molecule has 4 heteroatoms. The van der Waals surface area contributed by atoms with Gasteiger partial charge in [-0.3, -0.25) is 4.79 Å². The van der Waals surface area contributed by atoms with Crippen molar-refractivity contribution in [2.45, 2.75) is 6.92 Å². The number of hydrogen-bond donors (Lipinski definition) is 1. The van der Waals surface area contributed by atoms with E-state index in [1.807, 2.05) is 38.2 Å². The summed E-state index contributed by atoms with van der Waals surface area (Å²) in [5.41, 5.74) is 1.74. The van der Waals surface area contributed by atoms with Crippen LogP contribution < -0.4 is 10.2 Å². The maximum atomic E-state index is 13.7. The first-order valence-corrected chi connectivity index (χ1v) is 6.51. The number of benzene rings is 2. The van der Waals surface area contributed by atoms with Gasteiger partial charge in [0.1, 0.15) is 5.82 Å². The van der Waals surface area contributed by atoms with Gasteiger partial charge in [0.25, 0.3) is 5.91 Å². The molecular weight excluding hydrogens is 255 g/mol. The number of nitrogens with one attached hydrogen (secondary N) is 1. The molecule has 0 aromatic heterocycles. The van der Waals surface area contributed by atoms with Gasteiger partial charge in [0.2, 0.25) is 0 Å². The van der Waals surface area contributed by atoms with Crippen LogP contribution in [-0.4, -0.2) is 19.5 Å². The number of amides is 1. The van der Waals surface area contributed by atoms with Gasteiger partial charge >= 0.3 is 0 Å². The maximum absolute atomic E-state index is 13.7. The van der Waals surface area contributed by atoms with Crippen LogP contribution in [0.25, 0.3) is 0 Å². The lowest BCUT2D eigenvalue weighted by molar-refractivity contribution is 0.0984. The number of anilines is 2. The number of rotatable bonds is 4. The van der Waals surface area contributed by atoms with E-state index >= 15 is 0 Å². The Bertz CT molecular complexity index is 613. The first-order valence-electron chi connectivity index (χ1n) is 6.51. The smallest absolute Gasteiger partial charge is 0.261 e. The van der Waals surface area contributed by atoms with Crippen molar-refractivity contribution in [3.8, 4) is 0 Å². The van der Waals surface area contributed by atoms with Crippen LogP contribution in [0.15, 0.2) is 48.5 Å². The zero-order valence-corrected chi connectivity index (χ0v) is 11.6. The fourth-order valence-electron chi connectivity index (χ4n) is 2.05. The zero-order valence-electron chi connectivity index (χ0n) is 11.6. The van der Waals surface area contributed by atoms with Crippen molar-refractivity contribution in [1.29, 1.82) is 0 Å². The van der Waals surface area contributed by atoms with Crippen LogP contribution in [0.1, 0.15) is 17.3 Å². The third kappa shape index (κ3) is 2.79. The van der Waals surface area contributed by atoms with E-state index in [1.165, 1.54) is 12.1 Å². The molecule has 0 saturated heterocycles. The van der Waals surface area contributed by atoms with E-state index in [9.17, 15) is 9.18 Å². The lowest BCUT2D eigenvalue weighted by Gasteiger charge is -2.22. The first kappa shape index (κ1) is 14.1. The van der Waals surface area contributed by atoms with Gasteiger partial charge < -0.3 is 10.2 Å². The van der Waals surface area contributed by atoms with E-state index in [1.54, 1.807) is 17.0 Å². The monoisotopic (exact) mass is 272 g/mol. The quantitative estimate of drug-likeness (QED) is 0.923. The zero-order chi connectivity index (χ0) is 14.5. The highest BCUT2D eigenvalue weighted by Gasteiger charge is 2.19. The Kier molecular flexibility index (Phi) is 4.35. The molecule has 0 saturated carbocycles. The summed E-state index contributed by atoms with van der Waals surface area (Å²) < 4.78 is 13.7. The van der Waals surface area contributed by atoms with Gasteiger partial charge in [-0.25, -0.2) is 4.39 Å². The van der Waals surface area contributed by atoms with Crippen molar-refractivity contribution in [1.82, 2.24) is 0 Å². The molecule has 0 unspecified atom stereocenters. The molecule has 2 rings (SSSR count). The van der Waals surface area contributed by atoms with E-state index in [0.717, 1.165) is 11.4 Å². The molecule has 0 spiro atoms. The number of hydrogen-bond acceptors (Lipinski definition) is 2. The van der Waals surface area contributed by atoms with Gasteiger partial charge in [0.05, 0.1) is 5.56 Å². The van der Waals surface area contributed by atoms with Gasteiger partial charge in [-0.1, -0.05) is 18.2 Å². The van der Waals surface area contributed by atoms with Crippen LogP contribution in [0.2, 0.25) is 0 Å². The average Bonchev–Trinajstić information content (AvgIpc) is 2.48. The van der Waals surface area contributed by atoms with Crippen molar-refractivity contribution in [3.63, 3.8) is 0 Å². The molecule has 3 nitrogen and oxygen atoms in total. The van der Waals surface area contributed by atoms with E-state index in [4.69, 9.17) is 0 Å².